The molecule has 2 N–H and O–H groups in total. The molecule has 0 bridgehead atoms. The molecular weight excluding hydrogens is 412 g/mol. The van der Waals surface area contributed by atoms with Crippen LogP contribution in [-0.2, 0) is 11.3 Å². The van der Waals surface area contributed by atoms with Gasteiger partial charge in [0.1, 0.15) is 10.8 Å². The molecule has 1 atom stereocenters. The van der Waals surface area contributed by atoms with E-state index in [0.717, 1.165) is 45.9 Å². The number of imide groups is 1. The molecule has 2 heterocycles. The van der Waals surface area contributed by atoms with E-state index in [9.17, 15) is 9.59 Å². The molecule has 31 heavy (non-hydrogen) atoms. The van der Waals surface area contributed by atoms with Crippen LogP contribution in [0.25, 0.3) is 22.1 Å². The van der Waals surface area contributed by atoms with Crippen LogP contribution in [0.5, 0.6) is 0 Å². The van der Waals surface area contributed by atoms with Crippen molar-refractivity contribution in [1.29, 1.82) is 0 Å². The summed E-state index contributed by atoms with van der Waals surface area (Å²) >= 11 is 1.16. The average molecular weight is 435 g/mol. The van der Waals surface area contributed by atoms with Crippen LogP contribution in [0.1, 0.15) is 24.7 Å². The first-order valence-electron chi connectivity index (χ1n) is 10.0. The molecule has 0 fully saturated rings. The first-order chi connectivity index (χ1) is 15.1. The Morgan fingerprint density at radius 2 is 1.77 bits per heavy atom. The Labute approximate surface area is 183 Å². The number of carbonyl (C=O) groups excluding carboxylic acids is 2. The maximum Gasteiger partial charge on any atom is 0.321 e. The molecule has 4 aromatic rings. The number of urea groups is 1. The van der Waals surface area contributed by atoms with Gasteiger partial charge in [0.2, 0.25) is 11.1 Å². The van der Waals surface area contributed by atoms with Crippen LogP contribution < -0.4 is 10.6 Å². The Balaban J connectivity index is 1.71. The van der Waals surface area contributed by atoms with Crippen LogP contribution in [0.15, 0.2) is 59.8 Å². The van der Waals surface area contributed by atoms with Gasteiger partial charge in [0.25, 0.3) is 0 Å². The number of hydrogen-bond donors (Lipinski definition) is 2. The van der Waals surface area contributed by atoms with Crippen molar-refractivity contribution < 1.29 is 9.59 Å². The van der Waals surface area contributed by atoms with E-state index in [1.807, 2.05) is 61.5 Å². The number of carbonyl (C=O) groups is 2. The van der Waals surface area contributed by atoms with Crippen LogP contribution in [0.3, 0.4) is 0 Å². The second-order valence-electron chi connectivity index (χ2n) is 6.79. The zero-order valence-corrected chi connectivity index (χ0v) is 18.0. The quantitative estimate of drug-likeness (QED) is 0.449. The summed E-state index contributed by atoms with van der Waals surface area (Å²) in [5.41, 5.74) is 3.23. The molecule has 0 aliphatic rings. The molecule has 158 valence electrons. The summed E-state index contributed by atoms with van der Waals surface area (Å²) in [5.74, 6) is -0.443. The van der Waals surface area contributed by atoms with Gasteiger partial charge >= 0.3 is 6.03 Å². The average Bonchev–Trinajstić information content (AvgIpc) is 3.11. The number of nitrogens with zero attached hydrogens (tertiary/aromatic N) is 4. The minimum Gasteiger partial charge on any atom is -0.338 e. The lowest BCUT2D eigenvalue weighted by atomic mass is 10.1. The minimum atomic E-state index is -0.706. The summed E-state index contributed by atoms with van der Waals surface area (Å²) in [5, 5.41) is 14.3. The molecule has 0 spiro atoms. The molecule has 1 unspecified atom stereocenters. The number of hydrogen-bond acceptors (Lipinski definition) is 6. The molecule has 8 nitrogen and oxygen atoms in total. The highest BCUT2D eigenvalue weighted by molar-refractivity contribution is 8.00. The van der Waals surface area contributed by atoms with Crippen LogP contribution in [0.2, 0.25) is 0 Å². The van der Waals surface area contributed by atoms with Gasteiger partial charge in [-0.25, -0.2) is 9.78 Å². The number of amides is 3. The maximum absolute atomic E-state index is 12.9. The summed E-state index contributed by atoms with van der Waals surface area (Å²) in [6, 6.07) is 16.7. The molecule has 0 saturated carbocycles. The van der Waals surface area contributed by atoms with Crippen LogP contribution >= 0.6 is 11.8 Å². The van der Waals surface area contributed by atoms with Gasteiger partial charge in [-0.1, -0.05) is 60.3 Å². The molecule has 0 saturated heterocycles. The van der Waals surface area contributed by atoms with Crippen molar-refractivity contribution in [2.45, 2.75) is 30.8 Å². The lowest BCUT2D eigenvalue weighted by Crippen LogP contribution is -2.41. The molecular formula is C22H22N6O2S. The highest BCUT2D eigenvalue weighted by Crippen LogP contribution is 2.35. The summed E-state index contributed by atoms with van der Waals surface area (Å²) in [7, 11) is 0. The largest absolute Gasteiger partial charge is 0.338 e. The molecule has 0 radical (unpaired) electrons. The molecule has 0 aliphatic carbocycles. The Morgan fingerprint density at radius 1 is 1.03 bits per heavy atom. The topological polar surface area (TPSA) is 102 Å². The summed E-state index contributed by atoms with van der Waals surface area (Å²) in [6.45, 7) is 4.99. The predicted molar refractivity (Wildman–Crippen MR) is 121 cm³/mol. The maximum atomic E-state index is 12.9. The molecule has 0 aliphatic heterocycles. The van der Waals surface area contributed by atoms with Gasteiger partial charge in [-0.2, -0.15) is 0 Å². The van der Waals surface area contributed by atoms with E-state index in [1.54, 1.807) is 6.92 Å². The number of nitrogens with one attached hydrogen (secondary N) is 2. The smallest absolute Gasteiger partial charge is 0.321 e. The first-order valence-corrected chi connectivity index (χ1v) is 10.9. The zero-order valence-electron chi connectivity index (χ0n) is 17.2. The van der Waals surface area contributed by atoms with E-state index in [2.05, 4.69) is 25.4 Å². The Hall–Kier alpha value is -3.46. The van der Waals surface area contributed by atoms with Crippen molar-refractivity contribution in [3.8, 4) is 0 Å². The van der Waals surface area contributed by atoms with Gasteiger partial charge in [0.15, 0.2) is 5.65 Å². The number of rotatable bonds is 6. The van der Waals surface area contributed by atoms with Gasteiger partial charge in [0, 0.05) is 18.5 Å². The van der Waals surface area contributed by atoms with Crippen LogP contribution in [0.4, 0.5) is 4.79 Å². The third-order valence-electron chi connectivity index (χ3n) is 4.81. The van der Waals surface area contributed by atoms with Crippen molar-refractivity contribution >= 4 is 45.8 Å². The fourth-order valence-corrected chi connectivity index (χ4v) is 4.34. The monoisotopic (exact) mass is 434 g/mol. The molecule has 3 amide bonds. The number of para-hydroxylation sites is 1. The van der Waals surface area contributed by atoms with Gasteiger partial charge in [-0.3, -0.25) is 10.1 Å². The summed E-state index contributed by atoms with van der Waals surface area (Å²) in [4.78, 5) is 29.5. The first kappa shape index (κ1) is 20.8. The van der Waals surface area contributed by atoms with E-state index in [1.165, 1.54) is 0 Å². The Morgan fingerprint density at radius 3 is 2.52 bits per heavy atom. The van der Waals surface area contributed by atoms with E-state index in [0.29, 0.717) is 11.7 Å². The third kappa shape index (κ3) is 4.22. The lowest BCUT2D eigenvalue weighted by molar-refractivity contribution is -0.119. The molecule has 4 rings (SSSR count). The lowest BCUT2D eigenvalue weighted by Gasteiger charge is -2.15. The number of aromatic nitrogens is 4. The second kappa shape index (κ2) is 9.13. The standard InChI is InChI=1S/C22H22N6O2S/c1-3-23-21(30)25-20(29)18(14-10-6-5-7-11-14)31-22-24-19-17(26-27-22)15-12-8-9-13-16(15)28(19)4-2/h5-13,18H,3-4H2,1-2H3,(H2,23,25,29,30). The number of benzene rings is 2. The van der Waals surface area contributed by atoms with E-state index < -0.39 is 17.2 Å². The molecule has 2 aromatic heterocycles. The number of thioether (sulfide) groups is 1. The molecule has 9 heteroatoms. The van der Waals surface area contributed by atoms with Gasteiger partial charge in [-0.05, 0) is 25.5 Å². The third-order valence-corrected chi connectivity index (χ3v) is 5.91. The van der Waals surface area contributed by atoms with Gasteiger partial charge in [-0.15, -0.1) is 10.2 Å². The van der Waals surface area contributed by atoms with Crippen molar-refractivity contribution in [1.82, 2.24) is 30.4 Å². The summed E-state index contributed by atoms with van der Waals surface area (Å²) < 4.78 is 2.08. The highest BCUT2D eigenvalue weighted by atomic mass is 32.2. The zero-order chi connectivity index (χ0) is 21.8. The van der Waals surface area contributed by atoms with Crippen LogP contribution in [-0.4, -0.2) is 38.2 Å². The predicted octanol–water partition coefficient (Wildman–Crippen LogP) is 3.68. The fraction of sp³-hybridized carbons (Fsp3) is 0.227. The minimum absolute atomic E-state index is 0.366. The van der Waals surface area contributed by atoms with Gasteiger partial charge < -0.3 is 9.88 Å². The number of fused-ring (bicyclic) bond motifs is 3. The van der Waals surface area contributed by atoms with Crippen LogP contribution in [0, 0.1) is 0 Å². The second-order valence-corrected chi connectivity index (χ2v) is 7.86. The Bertz CT molecular complexity index is 1240. The summed E-state index contributed by atoms with van der Waals surface area (Å²) in [6.07, 6.45) is 0. The van der Waals surface area contributed by atoms with E-state index in [4.69, 9.17) is 4.98 Å². The van der Waals surface area contributed by atoms with Gasteiger partial charge in [0.05, 0.1) is 5.52 Å². The fourth-order valence-electron chi connectivity index (χ4n) is 3.45. The molecule has 2 aromatic carbocycles. The van der Waals surface area contributed by atoms with Crippen molar-refractivity contribution in [2.75, 3.05) is 6.54 Å². The number of aryl methyl sites for hydroxylation is 1. The van der Waals surface area contributed by atoms with Crippen molar-refractivity contribution in [3.63, 3.8) is 0 Å². The van der Waals surface area contributed by atoms with E-state index in [-0.39, 0.29) is 0 Å². The van der Waals surface area contributed by atoms with Crippen molar-refractivity contribution in [3.05, 3.63) is 60.2 Å². The van der Waals surface area contributed by atoms with E-state index >= 15 is 0 Å². The Kier molecular flexibility index (Phi) is 6.13. The normalized spacial score (nSPS) is 12.1. The highest BCUT2D eigenvalue weighted by Gasteiger charge is 2.26. The van der Waals surface area contributed by atoms with Crippen molar-refractivity contribution in [2.24, 2.45) is 0 Å². The SMILES string of the molecule is CCNC(=O)NC(=O)C(Sc1nnc2c3ccccc3n(CC)c2n1)c1ccccc1.